The molecule has 3 N–H and O–H groups in total. The van der Waals surface area contributed by atoms with Crippen molar-refractivity contribution in [2.24, 2.45) is 5.10 Å². The van der Waals surface area contributed by atoms with Crippen LogP contribution in [0.25, 0.3) is 0 Å². The maximum Gasteiger partial charge on any atom is 0.342 e. The highest BCUT2D eigenvalue weighted by Gasteiger charge is 2.24. The lowest BCUT2D eigenvalue weighted by Crippen LogP contribution is -2.28. The molecule has 8 nitrogen and oxygen atoms in total. The highest BCUT2D eigenvalue weighted by molar-refractivity contribution is 8.00. The van der Waals surface area contributed by atoms with Gasteiger partial charge in [0.2, 0.25) is 0 Å². The summed E-state index contributed by atoms with van der Waals surface area (Å²) in [5, 5.41) is 9.57. The van der Waals surface area contributed by atoms with E-state index < -0.39 is 22.4 Å². The van der Waals surface area contributed by atoms with Crippen molar-refractivity contribution in [2.45, 2.75) is 10.3 Å². The molecule has 0 radical (unpaired) electrons. The average molecular weight is 416 g/mol. The van der Waals surface area contributed by atoms with Crippen LogP contribution in [-0.4, -0.2) is 27.3 Å². The molecule has 10 heteroatoms. The molecule has 3 rings (SSSR count). The molecule has 0 fully saturated rings. The van der Waals surface area contributed by atoms with E-state index in [1.165, 1.54) is 6.21 Å². The number of aromatic amines is 2. The lowest BCUT2D eigenvalue weighted by atomic mass is 10.1. The highest BCUT2D eigenvalue weighted by Crippen LogP contribution is 2.32. The molecule has 142 valence electrons. The zero-order valence-corrected chi connectivity index (χ0v) is 15.8. The Morgan fingerprint density at radius 3 is 2.54 bits per heavy atom. The quantitative estimate of drug-likeness (QED) is 0.323. The second-order valence-corrected chi connectivity index (χ2v) is 7.04. The molecule has 0 saturated carbocycles. The van der Waals surface area contributed by atoms with Gasteiger partial charge in [-0.2, -0.15) is 10.2 Å². The van der Waals surface area contributed by atoms with Crippen LogP contribution < -0.4 is 16.7 Å². The van der Waals surface area contributed by atoms with Crippen LogP contribution in [0.2, 0.25) is 5.02 Å². The zero-order valence-electron chi connectivity index (χ0n) is 14.3. The molecule has 0 aliphatic heterocycles. The van der Waals surface area contributed by atoms with E-state index in [1.807, 2.05) is 6.07 Å². The average Bonchev–Trinajstić information content (AvgIpc) is 2.69. The smallest absolute Gasteiger partial charge is 0.271 e. The Morgan fingerprint density at radius 1 is 1.14 bits per heavy atom. The van der Waals surface area contributed by atoms with Crippen LogP contribution in [0.15, 0.2) is 74.3 Å². The first-order chi connectivity index (χ1) is 13.5. The fourth-order valence-corrected chi connectivity index (χ4v) is 3.27. The molecule has 1 amide bonds. The number of benzene rings is 2. The van der Waals surface area contributed by atoms with Gasteiger partial charge in [-0.15, -0.1) is 0 Å². The van der Waals surface area contributed by atoms with E-state index in [4.69, 9.17) is 11.6 Å². The number of aromatic nitrogens is 3. The van der Waals surface area contributed by atoms with Crippen LogP contribution in [0, 0.1) is 0 Å². The summed E-state index contributed by atoms with van der Waals surface area (Å²) in [6.07, 6.45) is 1.48. The molecule has 0 aliphatic rings. The van der Waals surface area contributed by atoms with Gasteiger partial charge in [0.25, 0.3) is 11.5 Å². The third-order valence-corrected chi connectivity index (χ3v) is 4.98. The third kappa shape index (κ3) is 5.18. The van der Waals surface area contributed by atoms with E-state index in [2.05, 4.69) is 25.7 Å². The van der Waals surface area contributed by atoms with Crippen LogP contribution in [-0.2, 0) is 4.79 Å². The van der Waals surface area contributed by atoms with Gasteiger partial charge in [0.05, 0.1) is 6.21 Å². The van der Waals surface area contributed by atoms with Crippen LogP contribution in [0.5, 0.6) is 0 Å². The number of nitrogens with one attached hydrogen (secondary N) is 3. The third-order valence-electron chi connectivity index (χ3n) is 3.51. The van der Waals surface area contributed by atoms with Crippen LogP contribution in [0.4, 0.5) is 0 Å². The minimum atomic E-state index is -0.803. The number of H-pyrrole nitrogens is 2. The highest BCUT2D eigenvalue weighted by atomic mass is 35.5. The molecular formula is C18H14ClN5O3S. The Balaban J connectivity index is 1.80. The second kappa shape index (κ2) is 9.16. The standard InChI is InChI=1S/C18H14ClN5O3S/c19-13-8-6-11(7-9-13)10-20-22-15(25)14(12-4-2-1-3-5-12)28-17-16(26)21-18(27)24-23-17/h1-10,14H,(H,22,25)(H2,21,24,26,27)/b20-10-. The minimum Gasteiger partial charge on any atom is -0.271 e. The minimum absolute atomic E-state index is 0.0368. The van der Waals surface area contributed by atoms with E-state index in [0.29, 0.717) is 10.6 Å². The maximum absolute atomic E-state index is 12.7. The van der Waals surface area contributed by atoms with Crippen LogP contribution in [0.3, 0.4) is 0 Å². The molecule has 1 unspecified atom stereocenters. The Kier molecular flexibility index (Phi) is 6.41. The molecule has 3 aromatic rings. The number of carbonyl (C=O) groups is 1. The predicted octanol–water partition coefficient (Wildman–Crippen LogP) is 2.10. The summed E-state index contributed by atoms with van der Waals surface area (Å²) in [5.41, 5.74) is 2.48. The number of hydrogen-bond donors (Lipinski definition) is 3. The monoisotopic (exact) mass is 415 g/mol. The molecule has 1 aromatic heterocycles. The van der Waals surface area contributed by atoms with E-state index in [9.17, 15) is 14.4 Å². The first-order valence-corrected chi connectivity index (χ1v) is 9.28. The Hall–Kier alpha value is -3.17. The van der Waals surface area contributed by atoms with Crippen molar-refractivity contribution >= 4 is 35.5 Å². The summed E-state index contributed by atoms with van der Waals surface area (Å²) in [5.74, 6) is -0.450. The first-order valence-electron chi connectivity index (χ1n) is 8.02. The summed E-state index contributed by atoms with van der Waals surface area (Å²) in [7, 11) is 0. The van der Waals surface area contributed by atoms with E-state index in [0.717, 1.165) is 17.3 Å². The molecule has 0 aliphatic carbocycles. The molecule has 0 spiro atoms. The second-order valence-electron chi connectivity index (χ2n) is 5.51. The van der Waals surface area contributed by atoms with E-state index >= 15 is 0 Å². The Morgan fingerprint density at radius 2 is 1.86 bits per heavy atom. The van der Waals surface area contributed by atoms with Gasteiger partial charge in [0.1, 0.15) is 5.25 Å². The fraction of sp³-hybridized carbons (Fsp3) is 0.0556. The van der Waals surface area contributed by atoms with Crippen molar-refractivity contribution in [3.8, 4) is 0 Å². The van der Waals surface area contributed by atoms with Gasteiger partial charge in [-0.3, -0.25) is 14.6 Å². The van der Waals surface area contributed by atoms with Crippen molar-refractivity contribution in [1.82, 2.24) is 20.6 Å². The number of halogens is 1. The van der Waals surface area contributed by atoms with E-state index in [-0.39, 0.29) is 5.03 Å². The normalized spacial score (nSPS) is 12.0. The van der Waals surface area contributed by atoms with Crippen molar-refractivity contribution in [3.05, 3.63) is 91.6 Å². The number of hydrogen-bond acceptors (Lipinski definition) is 6. The van der Waals surface area contributed by atoms with Gasteiger partial charge >= 0.3 is 5.69 Å². The number of amides is 1. The summed E-state index contributed by atoms with van der Waals surface area (Å²) in [4.78, 5) is 37.8. The van der Waals surface area contributed by atoms with E-state index in [1.54, 1.807) is 48.5 Å². The van der Waals surface area contributed by atoms with Gasteiger partial charge < -0.3 is 0 Å². The van der Waals surface area contributed by atoms with Crippen molar-refractivity contribution < 1.29 is 4.79 Å². The van der Waals surface area contributed by atoms with Gasteiger partial charge in [-0.05, 0) is 23.3 Å². The zero-order chi connectivity index (χ0) is 19.9. The summed E-state index contributed by atoms with van der Waals surface area (Å²) >= 11 is 6.74. The van der Waals surface area contributed by atoms with Crippen molar-refractivity contribution in [2.75, 3.05) is 0 Å². The maximum atomic E-state index is 12.7. The largest absolute Gasteiger partial charge is 0.342 e. The Labute approximate surface area is 168 Å². The summed E-state index contributed by atoms with van der Waals surface area (Å²) in [6.45, 7) is 0. The summed E-state index contributed by atoms with van der Waals surface area (Å²) < 4.78 is 0. The predicted molar refractivity (Wildman–Crippen MR) is 108 cm³/mol. The molecule has 0 bridgehead atoms. The van der Waals surface area contributed by atoms with Crippen molar-refractivity contribution in [3.63, 3.8) is 0 Å². The molecule has 2 aromatic carbocycles. The number of thioether (sulfide) groups is 1. The molecule has 1 atom stereocenters. The first kappa shape index (κ1) is 19.6. The SMILES string of the molecule is O=C(N/N=C\c1ccc(Cl)cc1)C(Sc1n[nH]c(=O)[nH]c1=O)c1ccccc1. The van der Waals surface area contributed by atoms with Gasteiger partial charge in [-0.1, -0.05) is 65.8 Å². The number of carbonyl (C=O) groups excluding carboxylic acids is 1. The number of nitrogens with zero attached hydrogens (tertiary/aromatic N) is 2. The van der Waals surface area contributed by atoms with Gasteiger partial charge in [0, 0.05) is 5.02 Å². The molecule has 28 heavy (non-hydrogen) atoms. The van der Waals surface area contributed by atoms with Gasteiger partial charge in [0.15, 0.2) is 5.03 Å². The molecule has 0 saturated heterocycles. The van der Waals surface area contributed by atoms with Crippen LogP contribution in [0.1, 0.15) is 16.4 Å². The fourth-order valence-electron chi connectivity index (χ4n) is 2.21. The van der Waals surface area contributed by atoms with Crippen molar-refractivity contribution in [1.29, 1.82) is 0 Å². The topological polar surface area (TPSA) is 120 Å². The number of hydrazone groups is 1. The lowest BCUT2D eigenvalue weighted by molar-refractivity contribution is -0.120. The van der Waals surface area contributed by atoms with Gasteiger partial charge in [-0.25, -0.2) is 15.3 Å². The van der Waals surface area contributed by atoms with Crippen LogP contribution >= 0.6 is 23.4 Å². The molecule has 1 heterocycles. The summed E-state index contributed by atoms with van der Waals surface area (Å²) in [6, 6.07) is 15.8. The Bertz CT molecular complexity index is 1100. The lowest BCUT2D eigenvalue weighted by Gasteiger charge is -2.14. The number of rotatable bonds is 6. The molecular weight excluding hydrogens is 402 g/mol.